The Labute approximate surface area is 152 Å². The van der Waals surface area contributed by atoms with Crippen LogP contribution < -0.4 is 14.8 Å². The molecule has 2 aromatic carbocycles. The Morgan fingerprint density at radius 3 is 2.73 bits per heavy atom. The molecular formula is C20H21NO5. The minimum Gasteiger partial charge on any atom is -0.486 e. The zero-order valence-corrected chi connectivity index (χ0v) is 14.8. The molecule has 6 heteroatoms. The van der Waals surface area contributed by atoms with Gasteiger partial charge in [-0.05, 0) is 37.6 Å². The molecule has 1 N–H and O–H groups in total. The molecule has 0 fully saturated rings. The van der Waals surface area contributed by atoms with E-state index in [1.165, 1.54) is 0 Å². The molecule has 0 aliphatic carbocycles. The number of fused-ring (bicyclic) bond motifs is 1. The van der Waals surface area contributed by atoms with Gasteiger partial charge in [-0.1, -0.05) is 29.8 Å². The number of amides is 1. The molecule has 3 rings (SSSR count). The van der Waals surface area contributed by atoms with Crippen LogP contribution in [0.1, 0.15) is 21.5 Å². The number of ether oxygens (including phenoxy) is 3. The summed E-state index contributed by atoms with van der Waals surface area (Å²) in [5.41, 5.74) is 2.24. The summed E-state index contributed by atoms with van der Waals surface area (Å²) < 4.78 is 16.4. The molecule has 0 aromatic heterocycles. The van der Waals surface area contributed by atoms with Crippen molar-refractivity contribution in [1.82, 2.24) is 5.32 Å². The van der Waals surface area contributed by atoms with Gasteiger partial charge in [-0.25, -0.2) is 4.79 Å². The summed E-state index contributed by atoms with van der Waals surface area (Å²) in [6, 6.07) is 12.9. The Morgan fingerprint density at radius 1 is 1.15 bits per heavy atom. The van der Waals surface area contributed by atoms with Crippen molar-refractivity contribution < 1.29 is 23.8 Å². The van der Waals surface area contributed by atoms with Crippen LogP contribution in [0.2, 0.25) is 0 Å². The van der Waals surface area contributed by atoms with Gasteiger partial charge in [0.25, 0.3) is 5.91 Å². The van der Waals surface area contributed by atoms with E-state index in [2.05, 4.69) is 5.32 Å². The summed E-state index contributed by atoms with van der Waals surface area (Å²) in [6.07, 6.45) is -0.288. The second kappa shape index (κ2) is 7.91. The van der Waals surface area contributed by atoms with Crippen LogP contribution in [0.4, 0.5) is 0 Å². The fraction of sp³-hybridized carbons (Fsp3) is 0.300. The molecule has 26 heavy (non-hydrogen) atoms. The van der Waals surface area contributed by atoms with E-state index < -0.39 is 5.97 Å². The molecule has 2 aromatic rings. The van der Waals surface area contributed by atoms with Gasteiger partial charge in [-0.2, -0.15) is 0 Å². The molecule has 6 nitrogen and oxygen atoms in total. The van der Waals surface area contributed by atoms with Crippen LogP contribution in [-0.4, -0.2) is 37.7 Å². The lowest BCUT2D eigenvalue weighted by Gasteiger charge is -2.26. The first-order valence-corrected chi connectivity index (χ1v) is 8.42. The summed E-state index contributed by atoms with van der Waals surface area (Å²) in [7, 11) is 0. The van der Waals surface area contributed by atoms with Gasteiger partial charge in [0, 0.05) is 0 Å². The van der Waals surface area contributed by atoms with Gasteiger partial charge in [0.05, 0.1) is 12.1 Å². The fourth-order valence-corrected chi connectivity index (χ4v) is 2.61. The number of esters is 1. The molecule has 0 saturated carbocycles. The van der Waals surface area contributed by atoms with E-state index >= 15 is 0 Å². The van der Waals surface area contributed by atoms with Gasteiger partial charge in [0.1, 0.15) is 12.7 Å². The zero-order valence-electron chi connectivity index (χ0n) is 14.8. The highest BCUT2D eigenvalue weighted by atomic mass is 16.6. The molecule has 1 amide bonds. The topological polar surface area (TPSA) is 73.9 Å². The lowest BCUT2D eigenvalue weighted by Crippen LogP contribution is -2.42. The Kier molecular flexibility index (Phi) is 5.41. The van der Waals surface area contributed by atoms with E-state index in [-0.39, 0.29) is 25.2 Å². The number of nitrogens with one attached hydrogen (secondary N) is 1. The Hall–Kier alpha value is -3.02. The van der Waals surface area contributed by atoms with E-state index in [9.17, 15) is 9.59 Å². The molecular weight excluding hydrogens is 334 g/mol. The summed E-state index contributed by atoms with van der Waals surface area (Å²) >= 11 is 0. The average Bonchev–Trinajstić information content (AvgIpc) is 2.66. The quantitative estimate of drug-likeness (QED) is 0.834. The monoisotopic (exact) mass is 355 g/mol. The first kappa shape index (κ1) is 17.8. The SMILES string of the molecule is Cc1ccc(C)c(C(=O)OCC(=O)NCC2COc3ccccc3O2)c1. The lowest BCUT2D eigenvalue weighted by atomic mass is 10.1. The van der Waals surface area contributed by atoms with Gasteiger partial charge in [-0.3, -0.25) is 4.79 Å². The predicted octanol–water partition coefficient (Wildman–Crippen LogP) is 2.42. The van der Waals surface area contributed by atoms with Crippen LogP contribution in [0.15, 0.2) is 42.5 Å². The third-order valence-corrected chi connectivity index (χ3v) is 4.04. The highest BCUT2D eigenvalue weighted by Gasteiger charge is 2.21. The molecule has 1 atom stereocenters. The van der Waals surface area contributed by atoms with Crippen molar-refractivity contribution in [2.45, 2.75) is 20.0 Å². The molecule has 1 aliphatic rings. The van der Waals surface area contributed by atoms with Gasteiger partial charge >= 0.3 is 5.97 Å². The number of rotatable bonds is 5. The summed E-state index contributed by atoms with van der Waals surface area (Å²) in [4.78, 5) is 24.1. The van der Waals surface area contributed by atoms with Crippen molar-refractivity contribution in [2.75, 3.05) is 19.8 Å². The van der Waals surface area contributed by atoms with Crippen molar-refractivity contribution in [2.24, 2.45) is 0 Å². The van der Waals surface area contributed by atoms with Crippen molar-refractivity contribution >= 4 is 11.9 Å². The number of carbonyl (C=O) groups is 2. The number of benzene rings is 2. The largest absolute Gasteiger partial charge is 0.486 e. The van der Waals surface area contributed by atoms with Crippen LogP contribution in [0.3, 0.4) is 0 Å². The predicted molar refractivity (Wildman–Crippen MR) is 95.6 cm³/mol. The molecule has 0 bridgehead atoms. The van der Waals surface area contributed by atoms with Crippen LogP contribution in [0.5, 0.6) is 11.5 Å². The smallest absolute Gasteiger partial charge is 0.338 e. The Bertz CT molecular complexity index is 818. The second-order valence-corrected chi connectivity index (χ2v) is 6.20. The number of hydrogen-bond acceptors (Lipinski definition) is 5. The lowest BCUT2D eigenvalue weighted by molar-refractivity contribution is -0.124. The Balaban J connectivity index is 1.45. The molecule has 1 unspecified atom stereocenters. The Morgan fingerprint density at radius 2 is 1.92 bits per heavy atom. The standard InChI is InChI=1S/C20H21NO5/c1-13-7-8-14(2)16(9-13)20(23)25-12-19(22)21-10-15-11-24-17-5-3-4-6-18(17)26-15/h3-9,15H,10-12H2,1-2H3,(H,21,22). The first-order valence-electron chi connectivity index (χ1n) is 8.42. The third kappa shape index (κ3) is 4.33. The molecule has 136 valence electrons. The highest BCUT2D eigenvalue weighted by molar-refractivity contribution is 5.92. The maximum atomic E-state index is 12.1. The van der Waals surface area contributed by atoms with Crippen molar-refractivity contribution in [3.63, 3.8) is 0 Å². The number of aryl methyl sites for hydroxylation is 2. The number of hydrogen-bond donors (Lipinski definition) is 1. The van der Waals surface area contributed by atoms with E-state index in [1.54, 1.807) is 6.07 Å². The van der Waals surface area contributed by atoms with Crippen LogP contribution in [0.25, 0.3) is 0 Å². The molecule has 1 heterocycles. The molecule has 0 saturated heterocycles. The number of para-hydroxylation sites is 2. The minimum absolute atomic E-state index is 0.272. The van der Waals surface area contributed by atoms with Gasteiger partial charge in [-0.15, -0.1) is 0 Å². The summed E-state index contributed by atoms with van der Waals surface area (Å²) in [5.74, 6) is 0.454. The van der Waals surface area contributed by atoms with Gasteiger partial charge < -0.3 is 19.5 Å². The van der Waals surface area contributed by atoms with E-state index in [1.807, 2.05) is 50.2 Å². The molecule has 0 radical (unpaired) electrons. The van der Waals surface area contributed by atoms with Crippen LogP contribution in [-0.2, 0) is 9.53 Å². The first-order chi connectivity index (χ1) is 12.5. The van der Waals surface area contributed by atoms with E-state index in [0.29, 0.717) is 23.7 Å². The van der Waals surface area contributed by atoms with Crippen molar-refractivity contribution in [3.05, 3.63) is 59.2 Å². The molecule has 0 spiro atoms. The van der Waals surface area contributed by atoms with Gasteiger partial charge in [0.15, 0.2) is 18.1 Å². The summed E-state index contributed by atoms with van der Waals surface area (Å²) in [6.45, 7) is 4.01. The summed E-state index contributed by atoms with van der Waals surface area (Å²) in [5, 5.41) is 2.69. The average molecular weight is 355 g/mol. The number of carbonyl (C=O) groups excluding carboxylic acids is 2. The van der Waals surface area contributed by atoms with Crippen molar-refractivity contribution in [3.8, 4) is 11.5 Å². The van der Waals surface area contributed by atoms with E-state index in [4.69, 9.17) is 14.2 Å². The van der Waals surface area contributed by atoms with Crippen LogP contribution >= 0.6 is 0 Å². The van der Waals surface area contributed by atoms with E-state index in [0.717, 1.165) is 11.1 Å². The third-order valence-electron chi connectivity index (χ3n) is 4.04. The second-order valence-electron chi connectivity index (χ2n) is 6.20. The van der Waals surface area contributed by atoms with Crippen molar-refractivity contribution in [1.29, 1.82) is 0 Å². The molecule has 1 aliphatic heterocycles. The normalized spacial score (nSPS) is 15.2. The van der Waals surface area contributed by atoms with Gasteiger partial charge in [0.2, 0.25) is 0 Å². The highest BCUT2D eigenvalue weighted by Crippen LogP contribution is 2.30. The zero-order chi connectivity index (χ0) is 18.5. The fourth-order valence-electron chi connectivity index (χ4n) is 2.61. The maximum absolute atomic E-state index is 12.1. The maximum Gasteiger partial charge on any atom is 0.338 e. The van der Waals surface area contributed by atoms with Crippen LogP contribution in [0, 0.1) is 13.8 Å². The minimum atomic E-state index is -0.507.